The van der Waals surface area contributed by atoms with Crippen LogP contribution in [0.15, 0.2) is 41.3 Å². The van der Waals surface area contributed by atoms with Crippen molar-refractivity contribution in [1.29, 1.82) is 0 Å². The fraction of sp³-hybridized carbons (Fsp3) is 0.368. The lowest BCUT2D eigenvalue weighted by molar-refractivity contribution is -0.384. The number of hydrogen-bond acceptors (Lipinski definition) is 7. The topological polar surface area (TPSA) is 125 Å². The van der Waals surface area contributed by atoms with E-state index in [0.717, 1.165) is 30.9 Å². The predicted octanol–water partition coefficient (Wildman–Crippen LogP) is 2.75. The van der Waals surface area contributed by atoms with Gasteiger partial charge in [-0.3, -0.25) is 10.1 Å². The Morgan fingerprint density at radius 3 is 2.55 bits per heavy atom. The van der Waals surface area contributed by atoms with Crippen LogP contribution in [-0.4, -0.2) is 33.1 Å². The first-order valence-corrected chi connectivity index (χ1v) is 10.9. The summed E-state index contributed by atoms with van der Waals surface area (Å²) in [6.45, 7) is 1.80. The molecule has 0 amide bonds. The Hall–Kier alpha value is -2.85. The molecule has 2 heterocycles. The van der Waals surface area contributed by atoms with Crippen molar-refractivity contribution >= 4 is 21.4 Å². The summed E-state index contributed by atoms with van der Waals surface area (Å²) in [6.07, 6.45) is 2.48. The number of hydrogen-bond donors (Lipinski definition) is 1. The van der Waals surface area contributed by atoms with E-state index in [1.807, 2.05) is 23.1 Å². The van der Waals surface area contributed by atoms with Crippen LogP contribution in [-0.2, 0) is 10.0 Å². The molecule has 2 aliphatic heterocycles. The second-order valence-corrected chi connectivity index (χ2v) is 8.62. The van der Waals surface area contributed by atoms with Gasteiger partial charge in [-0.15, -0.1) is 0 Å². The van der Waals surface area contributed by atoms with Crippen molar-refractivity contribution < 1.29 is 22.8 Å². The highest BCUT2D eigenvalue weighted by Crippen LogP contribution is 2.43. The summed E-state index contributed by atoms with van der Waals surface area (Å²) in [7, 11) is -4.03. The molecule has 1 saturated heterocycles. The summed E-state index contributed by atoms with van der Waals surface area (Å²) in [5.41, 5.74) is 1.06. The van der Waals surface area contributed by atoms with Gasteiger partial charge in [-0.2, -0.15) is 0 Å². The zero-order valence-corrected chi connectivity index (χ0v) is 16.4. The van der Waals surface area contributed by atoms with Crippen LogP contribution in [0.25, 0.3) is 0 Å². The molecule has 2 aliphatic rings. The maximum absolute atomic E-state index is 11.6. The SMILES string of the molecule is NS(=O)(=O)c1ccc(N2CCC[C@H]2c2ccc3c(c2)OCCCO3)c([N+](=O)[O-])c1. The molecule has 29 heavy (non-hydrogen) atoms. The third-order valence-electron chi connectivity index (χ3n) is 5.19. The fourth-order valence-corrected chi connectivity index (χ4v) is 4.39. The van der Waals surface area contributed by atoms with Crippen molar-refractivity contribution in [3.05, 3.63) is 52.1 Å². The predicted molar refractivity (Wildman–Crippen MR) is 106 cm³/mol. The minimum absolute atomic E-state index is 0.0915. The van der Waals surface area contributed by atoms with Gasteiger partial charge in [0.25, 0.3) is 5.69 Å². The standard InChI is InChI=1S/C19H21N3O6S/c20-29(25,26)14-5-6-16(17(12-14)22(23)24)21-8-1-3-15(21)13-4-7-18-19(11-13)28-10-2-9-27-18/h4-7,11-12,15H,1-3,8-10H2,(H2,20,25,26)/t15-/m0/s1. The number of ether oxygens (including phenoxy) is 2. The summed E-state index contributed by atoms with van der Waals surface area (Å²) in [5, 5.41) is 16.8. The van der Waals surface area contributed by atoms with E-state index in [-0.39, 0.29) is 16.6 Å². The van der Waals surface area contributed by atoms with Crippen LogP contribution in [0.5, 0.6) is 11.5 Å². The number of primary sulfonamides is 1. The van der Waals surface area contributed by atoms with E-state index < -0.39 is 14.9 Å². The van der Waals surface area contributed by atoms with Crippen LogP contribution in [0.3, 0.4) is 0 Å². The molecule has 4 rings (SSSR count). The molecule has 0 spiro atoms. The van der Waals surface area contributed by atoms with Gasteiger partial charge in [0, 0.05) is 19.0 Å². The number of benzene rings is 2. The molecule has 9 nitrogen and oxygen atoms in total. The molecule has 0 unspecified atom stereocenters. The maximum atomic E-state index is 11.6. The van der Waals surface area contributed by atoms with E-state index in [1.54, 1.807) is 0 Å². The first-order valence-electron chi connectivity index (χ1n) is 9.32. The second-order valence-electron chi connectivity index (χ2n) is 7.06. The van der Waals surface area contributed by atoms with E-state index in [9.17, 15) is 18.5 Å². The normalized spacial score (nSPS) is 19.1. The van der Waals surface area contributed by atoms with Gasteiger partial charge >= 0.3 is 0 Å². The lowest BCUT2D eigenvalue weighted by Crippen LogP contribution is -2.24. The van der Waals surface area contributed by atoms with Gasteiger partial charge in [0.2, 0.25) is 10.0 Å². The molecule has 2 aromatic rings. The van der Waals surface area contributed by atoms with Crippen molar-refractivity contribution in [1.82, 2.24) is 0 Å². The summed E-state index contributed by atoms with van der Waals surface area (Å²) in [5.74, 6) is 1.37. The third kappa shape index (κ3) is 3.85. The molecule has 2 N–H and O–H groups in total. The number of nitro groups is 1. The van der Waals surface area contributed by atoms with Crippen molar-refractivity contribution in [2.45, 2.75) is 30.2 Å². The summed E-state index contributed by atoms with van der Waals surface area (Å²) >= 11 is 0. The monoisotopic (exact) mass is 419 g/mol. The van der Waals surface area contributed by atoms with Crippen LogP contribution < -0.4 is 19.5 Å². The van der Waals surface area contributed by atoms with Crippen LogP contribution in [0.4, 0.5) is 11.4 Å². The van der Waals surface area contributed by atoms with Gasteiger partial charge in [-0.1, -0.05) is 6.07 Å². The third-order valence-corrected chi connectivity index (χ3v) is 6.10. The van der Waals surface area contributed by atoms with Gasteiger partial charge in [-0.05, 0) is 42.7 Å². The van der Waals surface area contributed by atoms with Crippen molar-refractivity contribution in [3.8, 4) is 11.5 Å². The van der Waals surface area contributed by atoms with E-state index in [1.165, 1.54) is 12.1 Å². The quantitative estimate of drug-likeness (QED) is 0.596. The molecule has 0 bridgehead atoms. The molecule has 2 aromatic carbocycles. The zero-order chi connectivity index (χ0) is 20.6. The summed E-state index contributed by atoms with van der Waals surface area (Å²) < 4.78 is 34.7. The summed E-state index contributed by atoms with van der Waals surface area (Å²) in [4.78, 5) is 12.7. The van der Waals surface area contributed by atoms with E-state index in [2.05, 4.69) is 0 Å². The molecular formula is C19H21N3O6S. The molecule has 1 fully saturated rings. The van der Waals surface area contributed by atoms with Crippen LogP contribution in [0.1, 0.15) is 30.9 Å². The van der Waals surface area contributed by atoms with Crippen LogP contribution in [0.2, 0.25) is 0 Å². The molecule has 0 aromatic heterocycles. The van der Waals surface area contributed by atoms with Gasteiger partial charge in [-0.25, -0.2) is 13.6 Å². The number of rotatable bonds is 4. The Bertz CT molecular complexity index is 1060. The largest absolute Gasteiger partial charge is 0.490 e. The average Bonchev–Trinajstić information content (AvgIpc) is 3.05. The Balaban J connectivity index is 1.72. The Morgan fingerprint density at radius 1 is 1.07 bits per heavy atom. The first kappa shape index (κ1) is 19.5. The lowest BCUT2D eigenvalue weighted by atomic mass is 10.0. The van der Waals surface area contributed by atoms with E-state index in [0.29, 0.717) is 36.9 Å². The number of anilines is 1. The Labute approximate surface area is 168 Å². The van der Waals surface area contributed by atoms with Gasteiger partial charge in [0.05, 0.1) is 29.1 Å². The molecule has 0 saturated carbocycles. The second kappa shape index (κ2) is 7.53. The molecule has 10 heteroatoms. The minimum Gasteiger partial charge on any atom is -0.490 e. The molecule has 154 valence electrons. The molecule has 0 radical (unpaired) electrons. The first-order chi connectivity index (χ1) is 13.8. The number of sulfonamides is 1. The molecule has 1 atom stereocenters. The highest BCUT2D eigenvalue weighted by Gasteiger charge is 2.32. The number of nitrogens with two attached hydrogens (primary N) is 1. The van der Waals surface area contributed by atoms with Crippen LogP contribution in [0, 0.1) is 10.1 Å². The zero-order valence-electron chi connectivity index (χ0n) is 15.6. The maximum Gasteiger partial charge on any atom is 0.293 e. The Morgan fingerprint density at radius 2 is 1.83 bits per heavy atom. The number of fused-ring (bicyclic) bond motifs is 1. The minimum atomic E-state index is -4.03. The van der Waals surface area contributed by atoms with Gasteiger partial charge in [0.15, 0.2) is 11.5 Å². The number of nitro benzene ring substituents is 1. The lowest BCUT2D eigenvalue weighted by Gasteiger charge is -2.27. The highest BCUT2D eigenvalue weighted by atomic mass is 32.2. The highest BCUT2D eigenvalue weighted by molar-refractivity contribution is 7.89. The van der Waals surface area contributed by atoms with Gasteiger partial charge in [0.1, 0.15) is 5.69 Å². The van der Waals surface area contributed by atoms with Crippen molar-refractivity contribution in [3.63, 3.8) is 0 Å². The smallest absolute Gasteiger partial charge is 0.293 e. The molecular weight excluding hydrogens is 398 g/mol. The fourth-order valence-electron chi connectivity index (χ4n) is 3.86. The van der Waals surface area contributed by atoms with Crippen LogP contribution >= 0.6 is 0 Å². The number of nitrogens with zero attached hydrogens (tertiary/aromatic N) is 2. The van der Waals surface area contributed by atoms with Crippen molar-refractivity contribution in [2.75, 3.05) is 24.7 Å². The Kier molecular flexibility index (Phi) is 5.05. The average molecular weight is 419 g/mol. The van der Waals surface area contributed by atoms with E-state index in [4.69, 9.17) is 14.6 Å². The van der Waals surface area contributed by atoms with Gasteiger partial charge < -0.3 is 14.4 Å². The summed E-state index contributed by atoms with van der Waals surface area (Å²) in [6, 6.07) is 9.43. The van der Waals surface area contributed by atoms with Crippen molar-refractivity contribution in [2.24, 2.45) is 5.14 Å². The molecule has 0 aliphatic carbocycles. The van der Waals surface area contributed by atoms with E-state index >= 15 is 0 Å².